The van der Waals surface area contributed by atoms with Crippen molar-refractivity contribution in [3.05, 3.63) is 59.2 Å². The molecule has 0 heterocycles. The van der Waals surface area contributed by atoms with Crippen LogP contribution in [0.1, 0.15) is 22.7 Å². The quantitative estimate of drug-likeness (QED) is 0.878. The average molecular weight is 285 g/mol. The first-order valence-corrected chi connectivity index (χ1v) is 7.15. The van der Waals surface area contributed by atoms with Crippen LogP contribution in [0.5, 0.6) is 11.5 Å². The smallest absolute Gasteiger partial charge is 0.123 e. The Bertz CT molecular complexity index is 596. The summed E-state index contributed by atoms with van der Waals surface area (Å²) < 4.78 is 11.1. The third-order valence-corrected chi connectivity index (χ3v) is 3.61. The largest absolute Gasteiger partial charge is 0.497 e. The Morgan fingerprint density at radius 1 is 1.05 bits per heavy atom. The molecule has 1 N–H and O–H groups in total. The van der Waals surface area contributed by atoms with E-state index in [1.807, 2.05) is 31.3 Å². The Kier molecular flexibility index (Phi) is 5.23. The van der Waals surface area contributed by atoms with Gasteiger partial charge in [-0.3, -0.25) is 0 Å². The maximum absolute atomic E-state index is 5.90. The molecule has 112 valence electrons. The number of hydrogen-bond donors (Lipinski definition) is 1. The van der Waals surface area contributed by atoms with E-state index in [2.05, 4.69) is 37.4 Å². The topological polar surface area (TPSA) is 30.5 Å². The molecule has 0 saturated heterocycles. The van der Waals surface area contributed by atoms with Crippen molar-refractivity contribution in [1.82, 2.24) is 5.32 Å². The molecule has 0 aliphatic carbocycles. The van der Waals surface area contributed by atoms with E-state index >= 15 is 0 Å². The maximum Gasteiger partial charge on any atom is 0.123 e. The van der Waals surface area contributed by atoms with Crippen LogP contribution in [0, 0.1) is 13.8 Å². The van der Waals surface area contributed by atoms with Gasteiger partial charge >= 0.3 is 0 Å². The molecular weight excluding hydrogens is 262 g/mol. The van der Waals surface area contributed by atoms with Gasteiger partial charge in [-0.25, -0.2) is 0 Å². The molecule has 1 unspecified atom stereocenters. The molecule has 0 bridgehead atoms. The second-order valence-electron chi connectivity index (χ2n) is 5.19. The van der Waals surface area contributed by atoms with Crippen LogP contribution >= 0.6 is 0 Å². The monoisotopic (exact) mass is 285 g/mol. The molecule has 2 aromatic carbocycles. The number of methoxy groups -OCH3 is 1. The van der Waals surface area contributed by atoms with E-state index in [4.69, 9.17) is 9.47 Å². The number of benzene rings is 2. The molecule has 3 nitrogen and oxygen atoms in total. The minimum atomic E-state index is 0.164. The van der Waals surface area contributed by atoms with E-state index in [0.29, 0.717) is 6.61 Å². The fraction of sp³-hybridized carbons (Fsp3) is 0.333. The first-order chi connectivity index (χ1) is 10.1. The summed E-state index contributed by atoms with van der Waals surface area (Å²) in [5.74, 6) is 1.62. The lowest BCUT2D eigenvalue weighted by atomic mass is 10.00. The van der Waals surface area contributed by atoms with Crippen molar-refractivity contribution < 1.29 is 9.47 Å². The second kappa shape index (κ2) is 7.14. The van der Waals surface area contributed by atoms with Gasteiger partial charge < -0.3 is 14.8 Å². The molecule has 0 saturated carbocycles. The number of likely N-dealkylation sites (N-methyl/N-ethyl adjacent to an activating group) is 1. The van der Waals surface area contributed by atoms with Gasteiger partial charge in [-0.15, -0.1) is 0 Å². The molecule has 0 radical (unpaired) electrons. The summed E-state index contributed by atoms with van der Waals surface area (Å²) in [6.07, 6.45) is 0. The van der Waals surface area contributed by atoms with E-state index < -0.39 is 0 Å². The minimum absolute atomic E-state index is 0.164. The Morgan fingerprint density at radius 2 is 1.81 bits per heavy atom. The molecule has 21 heavy (non-hydrogen) atoms. The molecule has 0 spiro atoms. The summed E-state index contributed by atoms with van der Waals surface area (Å²) in [5.41, 5.74) is 3.83. The van der Waals surface area contributed by atoms with Crippen LogP contribution in [0.3, 0.4) is 0 Å². The van der Waals surface area contributed by atoms with Gasteiger partial charge in [0.1, 0.15) is 18.1 Å². The Balaban J connectivity index is 2.08. The SMILES string of the molecule is CNC(COc1cccc(OC)c1)c1ccc(C)cc1C. The van der Waals surface area contributed by atoms with Gasteiger partial charge in [0, 0.05) is 6.07 Å². The summed E-state index contributed by atoms with van der Waals surface area (Å²) in [6.45, 7) is 4.82. The van der Waals surface area contributed by atoms with Crippen molar-refractivity contribution in [3.8, 4) is 11.5 Å². The van der Waals surface area contributed by atoms with Crippen molar-refractivity contribution in [3.63, 3.8) is 0 Å². The van der Waals surface area contributed by atoms with Crippen LogP contribution < -0.4 is 14.8 Å². The molecule has 0 aliphatic rings. The first kappa shape index (κ1) is 15.4. The molecule has 3 heteroatoms. The number of ether oxygens (including phenoxy) is 2. The molecule has 2 rings (SSSR count). The van der Waals surface area contributed by atoms with Crippen molar-refractivity contribution in [2.24, 2.45) is 0 Å². The fourth-order valence-electron chi connectivity index (χ4n) is 2.42. The average Bonchev–Trinajstić information content (AvgIpc) is 2.49. The third-order valence-electron chi connectivity index (χ3n) is 3.61. The van der Waals surface area contributed by atoms with Gasteiger partial charge in [-0.05, 0) is 44.2 Å². The van der Waals surface area contributed by atoms with Crippen LogP contribution in [0.4, 0.5) is 0 Å². The van der Waals surface area contributed by atoms with Gasteiger partial charge in [0.15, 0.2) is 0 Å². The zero-order chi connectivity index (χ0) is 15.2. The van der Waals surface area contributed by atoms with Gasteiger partial charge in [-0.2, -0.15) is 0 Å². The van der Waals surface area contributed by atoms with E-state index in [0.717, 1.165) is 11.5 Å². The maximum atomic E-state index is 5.90. The second-order valence-corrected chi connectivity index (χ2v) is 5.19. The minimum Gasteiger partial charge on any atom is -0.497 e. The highest BCUT2D eigenvalue weighted by molar-refractivity contribution is 5.34. The highest BCUT2D eigenvalue weighted by atomic mass is 16.5. The molecule has 1 atom stereocenters. The lowest BCUT2D eigenvalue weighted by molar-refractivity contribution is 0.271. The van der Waals surface area contributed by atoms with Crippen molar-refractivity contribution >= 4 is 0 Å². The number of nitrogens with one attached hydrogen (secondary N) is 1. The summed E-state index contributed by atoms with van der Waals surface area (Å²) in [4.78, 5) is 0. The van der Waals surface area contributed by atoms with Crippen LogP contribution in [0.2, 0.25) is 0 Å². The molecular formula is C18H23NO2. The lowest BCUT2D eigenvalue weighted by Crippen LogP contribution is -2.24. The molecule has 0 fully saturated rings. The molecule has 0 amide bonds. The highest BCUT2D eigenvalue weighted by Crippen LogP contribution is 2.23. The van der Waals surface area contributed by atoms with Gasteiger partial charge in [0.25, 0.3) is 0 Å². The third kappa shape index (κ3) is 3.99. The van der Waals surface area contributed by atoms with E-state index in [9.17, 15) is 0 Å². The van der Waals surface area contributed by atoms with Crippen molar-refractivity contribution in [2.45, 2.75) is 19.9 Å². The highest BCUT2D eigenvalue weighted by Gasteiger charge is 2.13. The van der Waals surface area contributed by atoms with Crippen LogP contribution in [-0.4, -0.2) is 20.8 Å². The van der Waals surface area contributed by atoms with Gasteiger partial charge in [0.05, 0.1) is 13.2 Å². The fourth-order valence-corrected chi connectivity index (χ4v) is 2.42. The predicted molar refractivity (Wildman–Crippen MR) is 86.2 cm³/mol. The van der Waals surface area contributed by atoms with Crippen LogP contribution in [0.25, 0.3) is 0 Å². The number of rotatable bonds is 6. The Morgan fingerprint density at radius 3 is 2.48 bits per heavy atom. The van der Waals surface area contributed by atoms with Crippen molar-refractivity contribution in [1.29, 1.82) is 0 Å². The Labute approximate surface area is 126 Å². The molecule has 0 aliphatic heterocycles. The summed E-state index contributed by atoms with van der Waals surface area (Å²) in [7, 11) is 3.62. The molecule has 2 aromatic rings. The molecule has 0 aromatic heterocycles. The first-order valence-electron chi connectivity index (χ1n) is 7.15. The number of hydrogen-bond acceptors (Lipinski definition) is 3. The van der Waals surface area contributed by atoms with Crippen LogP contribution in [-0.2, 0) is 0 Å². The van der Waals surface area contributed by atoms with E-state index in [1.165, 1.54) is 16.7 Å². The normalized spacial score (nSPS) is 12.0. The number of aryl methyl sites for hydroxylation is 2. The van der Waals surface area contributed by atoms with Crippen molar-refractivity contribution in [2.75, 3.05) is 20.8 Å². The van der Waals surface area contributed by atoms with Crippen LogP contribution in [0.15, 0.2) is 42.5 Å². The predicted octanol–water partition coefficient (Wildman–Crippen LogP) is 3.65. The Hall–Kier alpha value is -2.00. The summed E-state index contributed by atoms with van der Waals surface area (Å²) >= 11 is 0. The lowest BCUT2D eigenvalue weighted by Gasteiger charge is -2.20. The zero-order valence-corrected chi connectivity index (χ0v) is 13.1. The summed E-state index contributed by atoms with van der Waals surface area (Å²) in [6, 6.07) is 14.3. The van der Waals surface area contributed by atoms with Gasteiger partial charge in [-0.1, -0.05) is 29.8 Å². The van der Waals surface area contributed by atoms with Gasteiger partial charge in [0.2, 0.25) is 0 Å². The zero-order valence-electron chi connectivity index (χ0n) is 13.1. The standard InChI is InChI=1S/C18H23NO2/c1-13-8-9-17(14(2)10-13)18(19-3)12-21-16-7-5-6-15(11-16)20-4/h5-11,18-19H,12H2,1-4H3. The summed E-state index contributed by atoms with van der Waals surface area (Å²) in [5, 5.41) is 3.32. The van der Waals surface area contributed by atoms with E-state index in [-0.39, 0.29) is 6.04 Å². The van der Waals surface area contributed by atoms with E-state index in [1.54, 1.807) is 7.11 Å².